The lowest BCUT2D eigenvalue weighted by Crippen LogP contribution is -2.56. The standard InChI is InChI=1S/C22H35N3O7/c1-15(2)13-18(25-22(29)32-12-11-31-10-9-30-3)21(28)24-17(19(26)20(23)27)14-16-7-5-4-6-8-16/h4-8,15,17-19,26H,9-14H2,1-3H3,(H2,23,27)(H,24,28)(H,25,29)/t17-,18+,19+/m1/s1. The number of rotatable bonds is 15. The first kappa shape index (κ1) is 27.3. The zero-order chi connectivity index (χ0) is 23.9. The molecule has 1 rings (SSSR count). The Kier molecular flexibility index (Phi) is 13.0. The van der Waals surface area contributed by atoms with Gasteiger partial charge in [-0.1, -0.05) is 44.2 Å². The number of nitrogens with one attached hydrogen (secondary N) is 2. The number of hydrogen-bond acceptors (Lipinski definition) is 7. The van der Waals surface area contributed by atoms with Gasteiger partial charge in [-0.3, -0.25) is 9.59 Å². The summed E-state index contributed by atoms with van der Waals surface area (Å²) in [6.07, 6.45) is -1.84. The van der Waals surface area contributed by atoms with Gasteiger partial charge in [0.1, 0.15) is 12.6 Å². The summed E-state index contributed by atoms with van der Waals surface area (Å²) in [6.45, 7) is 4.83. The van der Waals surface area contributed by atoms with E-state index in [1.54, 1.807) is 7.11 Å². The van der Waals surface area contributed by atoms with Crippen LogP contribution in [0.4, 0.5) is 4.79 Å². The molecule has 0 saturated carbocycles. The molecule has 1 aromatic rings. The minimum Gasteiger partial charge on any atom is -0.447 e. The van der Waals surface area contributed by atoms with Gasteiger partial charge in [0.25, 0.3) is 0 Å². The molecule has 0 radical (unpaired) electrons. The minimum absolute atomic E-state index is 0.0165. The van der Waals surface area contributed by atoms with Crippen LogP contribution in [-0.2, 0) is 30.2 Å². The number of hydrogen-bond donors (Lipinski definition) is 4. The Balaban J connectivity index is 2.73. The predicted molar refractivity (Wildman–Crippen MR) is 118 cm³/mol. The number of carbonyl (C=O) groups excluding carboxylic acids is 3. The number of aliphatic hydroxyl groups excluding tert-OH is 1. The largest absolute Gasteiger partial charge is 0.447 e. The number of carbonyl (C=O) groups is 3. The number of nitrogens with two attached hydrogens (primary N) is 1. The zero-order valence-electron chi connectivity index (χ0n) is 18.9. The second kappa shape index (κ2) is 15.2. The quantitative estimate of drug-likeness (QED) is 0.280. The van der Waals surface area contributed by atoms with Gasteiger partial charge in [0, 0.05) is 7.11 Å². The average molecular weight is 454 g/mol. The lowest BCUT2D eigenvalue weighted by atomic mass is 9.98. The van der Waals surface area contributed by atoms with Gasteiger partial charge >= 0.3 is 6.09 Å². The molecule has 3 amide bonds. The van der Waals surface area contributed by atoms with Gasteiger partial charge in [-0.25, -0.2) is 4.79 Å². The fraction of sp³-hybridized carbons (Fsp3) is 0.591. The lowest BCUT2D eigenvalue weighted by molar-refractivity contribution is -0.130. The molecule has 0 unspecified atom stereocenters. The monoisotopic (exact) mass is 453 g/mol. The van der Waals surface area contributed by atoms with E-state index in [1.165, 1.54) is 0 Å². The highest BCUT2D eigenvalue weighted by molar-refractivity contribution is 5.87. The number of alkyl carbamates (subject to hydrolysis) is 1. The first-order chi connectivity index (χ1) is 15.2. The molecule has 10 heteroatoms. The molecule has 180 valence electrons. The van der Waals surface area contributed by atoms with Crippen LogP contribution in [0.25, 0.3) is 0 Å². The van der Waals surface area contributed by atoms with Crippen molar-refractivity contribution in [2.45, 2.75) is 44.9 Å². The number of amides is 3. The van der Waals surface area contributed by atoms with Crippen LogP contribution in [0.1, 0.15) is 25.8 Å². The van der Waals surface area contributed by atoms with Crippen molar-refractivity contribution in [1.29, 1.82) is 0 Å². The highest BCUT2D eigenvalue weighted by atomic mass is 16.6. The summed E-state index contributed by atoms with van der Waals surface area (Å²) in [4.78, 5) is 36.6. The molecule has 0 heterocycles. The topological polar surface area (TPSA) is 149 Å². The van der Waals surface area contributed by atoms with E-state index in [4.69, 9.17) is 19.9 Å². The van der Waals surface area contributed by atoms with E-state index in [0.717, 1.165) is 5.56 Å². The molecule has 0 spiro atoms. The van der Waals surface area contributed by atoms with Crippen molar-refractivity contribution < 1.29 is 33.7 Å². The summed E-state index contributed by atoms with van der Waals surface area (Å²) in [5, 5.41) is 15.4. The van der Waals surface area contributed by atoms with Crippen molar-refractivity contribution >= 4 is 17.9 Å². The Labute approximate surface area is 188 Å². The maximum atomic E-state index is 12.9. The summed E-state index contributed by atoms with van der Waals surface area (Å²) < 4.78 is 15.1. The molecule has 3 atom stereocenters. The molecule has 32 heavy (non-hydrogen) atoms. The Morgan fingerprint density at radius 1 is 1.03 bits per heavy atom. The molecule has 0 aromatic heterocycles. The third kappa shape index (κ3) is 11.1. The molecule has 0 aliphatic carbocycles. The summed E-state index contributed by atoms with van der Waals surface area (Å²) in [5.74, 6) is -1.42. The average Bonchev–Trinajstić information content (AvgIpc) is 2.75. The fourth-order valence-corrected chi connectivity index (χ4v) is 2.92. The first-order valence-corrected chi connectivity index (χ1v) is 10.6. The van der Waals surface area contributed by atoms with Gasteiger partial charge in [0.15, 0.2) is 6.10 Å². The molecular formula is C22H35N3O7. The highest BCUT2D eigenvalue weighted by Crippen LogP contribution is 2.10. The normalized spacial score (nSPS) is 13.8. The molecule has 0 aliphatic heterocycles. The van der Waals surface area contributed by atoms with Crippen LogP contribution in [-0.4, -0.2) is 74.7 Å². The highest BCUT2D eigenvalue weighted by Gasteiger charge is 2.30. The van der Waals surface area contributed by atoms with Crippen molar-refractivity contribution in [2.75, 3.05) is 33.5 Å². The molecule has 1 aromatic carbocycles. The third-order valence-corrected chi connectivity index (χ3v) is 4.51. The van der Waals surface area contributed by atoms with Gasteiger partial charge in [0.05, 0.1) is 25.9 Å². The van der Waals surface area contributed by atoms with Gasteiger partial charge in [0.2, 0.25) is 11.8 Å². The van der Waals surface area contributed by atoms with Crippen LogP contribution in [0, 0.1) is 5.92 Å². The van der Waals surface area contributed by atoms with Crippen molar-refractivity contribution in [1.82, 2.24) is 10.6 Å². The summed E-state index contributed by atoms with van der Waals surface area (Å²) >= 11 is 0. The second-order valence-electron chi connectivity index (χ2n) is 7.72. The Bertz CT molecular complexity index is 700. The zero-order valence-corrected chi connectivity index (χ0v) is 18.9. The van der Waals surface area contributed by atoms with E-state index in [1.807, 2.05) is 44.2 Å². The van der Waals surface area contributed by atoms with Crippen LogP contribution in [0.2, 0.25) is 0 Å². The Hall–Kier alpha value is -2.69. The van der Waals surface area contributed by atoms with Crippen molar-refractivity contribution in [3.63, 3.8) is 0 Å². The predicted octanol–water partition coefficient (Wildman–Crippen LogP) is 0.364. The molecule has 0 fully saturated rings. The van der Waals surface area contributed by atoms with Crippen LogP contribution >= 0.6 is 0 Å². The Morgan fingerprint density at radius 3 is 2.28 bits per heavy atom. The maximum Gasteiger partial charge on any atom is 0.407 e. The van der Waals surface area contributed by atoms with E-state index in [2.05, 4.69) is 10.6 Å². The van der Waals surface area contributed by atoms with Crippen LogP contribution in [0.5, 0.6) is 0 Å². The third-order valence-electron chi connectivity index (χ3n) is 4.51. The summed E-state index contributed by atoms with van der Waals surface area (Å²) in [7, 11) is 1.56. The first-order valence-electron chi connectivity index (χ1n) is 10.6. The molecule has 0 bridgehead atoms. The fourth-order valence-electron chi connectivity index (χ4n) is 2.92. The smallest absolute Gasteiger partial charge is 0.407 e. The van der Waals surface area contributed by atoms with E-state index < -0.39 is 36.1 Å². The van der Waals surface area contributed by atoms with Crippen LogP contribution in [0.15, 0.2) is 30.3 Å². The number of aliphatic hydroxyl groups is 1. The molecule has 0 aliphatic rings. The van der Waals surface area contributed by atoms with E-state index >= 15 is 0 Å². The Morgan fingerprint density at radius 2 is 1.69 bits per heavy atom. The molecule has 5 N–H and O–H groups in total. The van der Waals surface area contributed by atoms with Gasteiger partial charge < -0.3 is 35.7 Å². The minimum atomic E-state index is -1.59. The maximum absolute atomic E-state index is 12.9. The summed E-state index contributed by atoms with van der Waals surface area (Å²) in [6, 6.07) is 7.19. The molecular weight excluding hydrogens is 418 g/mol. The number of benzene rings is 1. The molecule has 0 saturated heterocycles. The van der Waals surface area contributed by atoms with Crippen molar-refractivity contribution in [3.8, 4) is 0 Å². The number of methoxy groups -OCH3 is 1. The van der Waals surface area contributed by atoms with Crippen molar-refractivity contribution in [2.24, 2.45) is 11.7 Å². The second-order valence-corrected chi connectivity index (χ2v) is 7.72. The van der Waals surface area contributed by atoms with Gasteiger partial charge in [-0.05, 0) is 24.3 Å². The SMILES string of the molecule is COCCOCCOC(=O)N[C@@H](CC(C)C)C(=O)N[C@H](Cc1ccccc1)[C@H](O)C(N)=O. The van der Waals surface area contributed by atoms with E-state index in [-0.39, 0.29) is 25.6 Å². The molecule has 10 nitrogen and oxygen atoms in total. The number of primary amides is 1. The van der Waals surface area contributed by atoms with Gasteiger partial charge in [-0.15, -0.1) is 0 Å². The van der Waals surface area contributed by atoms with Gasteiger partial charge in [-0.2, -0.15) is 0 Å². The lowest BCUT2D eigenvalue weighted by Gasteiger charge is -2.26. The van der Waals surface area contributed by atoms with E-state index in [0.29, 0.717) is 19.6 Å². The van der Waals surface area contributed by atoms with E-state index in [9.17, 15) is 19.5 Å². The van der Waals surface area contributed by atoms with Crippen LogP contribution < -0.4 is 16.4 Å². The summed E-state index contributed by atoms with van der Waals surface area (Å²) in [5.41, 5.74) is 6.06. The van der Waals surface area contributed by atoms with Crippen LogP contribution in [0.3, 0.4) is 0 Å². The van der Waals surface area contributed by atoms with Crippen molar-refractivity contribution in [3.05, 3.63) is 35.9 Å². The number of ether oxygens (including phenoxy) is 3.